The Hall–Kier alpha value is -0.610. The second-order valence-electron chi connectivity index (χ2n) is 15.5. The SMILES string of the molecule is CCCCCCCCCCCCCCCCCCCCCCCCCCCOCC(CO)OC(=O)CCCCCCCCCCCCCC. The molecule has 0 bridgehead atoms. The Balaban J connectivity index is 3.30. The number of aliphatic hydroxyl groups is 1. The van der Waals surface area contributed by atoms with Crippen LogP contribution in [0.4, 0.5) is 0 Å². The Morgan fingerprint density at radius 3 is 0.959 bits per heavy atom. The zero-order chi connectivity index (χ0) is 35.6. The largest absolute Gasteiger partial charge is 0.457 e. The van der Waals surface area contributed by atoms with Crippen LogP contribution in [0.15, 0.2) is 0 Å². The number of hydrogen-bond acceptors (Lipinski definition) is 4. The predicted molar refractivity (Wildman–Crippen MR) is 215 cm³/mol. The van der Waals surface area contributed by atoms with Crippen molar-refractivity contribution in [1.29, 1.82) is 0 Å². The van der Waals surface area contributed by atoms with Gasteiger partial charge in [0.25, 0.3) is 0 Å². The summed E-state index contributed by atoms with van der Waals surface area (Å²) >= 11 is 0. The molecule has 1 N–H and O–H groups in total. The van der Waals surface area contributed by atoms with Gasteiger partial charge in [0.2, 0.25) is 0 Å². The fourth-order valence-corrected chi connectivity index (χ4v) is 7.04. The summed E-state index contributed by atoms with van der Waals surface area (Å²) in [5, 5.41) is 9.59. The molecule has 0 aliphatic rings. The highest BCUT2D eigenvalue weighted by Crippen LogP contribution is 2.16. The van der Waals surface area contributed by atoms with E-state index < -0.39 is 6.10 Å². The number of hydrogen-bond donors (Lipinski definition) is 1. The molecule has 0 aromatic carbocycles. The van der Waals surface area contributed by atoms with Crippen molar-refractivity contribution < 1.29 is 19.4 Å². The summed E-state index contributed by atoms with van der Waals surface area (Å²) < 4.78 is 11.2. The molecule has 4 heteroatoms. The summed E-state index contributed by atoms with van der Waals surface area (Å²) in [7, 11) is 0. The van der Waals surface area contributed by atoms with Crippen LogP contribution in [-0.4, -0.2) is 37.0 Å². The van der Waals surface area contributed by atoms with Gasteiger partial charge >= 0.3 is 5.97 Å². The van der Waals surface area contributed by atoms with Crippen LogP contribution in [0.1, 0.15) is 258 Å². The van der Waals surface area contributed by atoms with Gasteiger partial charge in [-0.1, -0.05) is 239 Å². The quantitative estimate of drug-likeness (QED) is 0.0510. The second-order valence-corrected chi connectivity index (χ2v) is 15.5. The van der Waals surface area contributed by atoms with Crippen molar-refractivity contribution in [2.75, 3.05) is 19.8 Å². The third-order valence-electron chi connectivity index (χ3n) is 10.4. The molecule has 0 fully saturated rings. The Labute approximate surface area is 308 Å². The molecule has 4 nitrogen and oxygen atoms in total. The topological polar surface area (TPSA) is 55.8 Å². The van der Waals surface area contributed by atoms with E-state index in [9.17, 15) is 9.90 Å². The van der Waals surface area contributed by atoms with Crippen molar-refractivity contribution in [2.45, 2.75) is 264 Å². The number of carbonyl (C=O) groups excluding carboxylic acids is 1. The average molecular weight is 695 g/mol. The van der Waals surface area contributed by atoms with E-state index >= 15 is 0 Å². The van der Waals surface area contributed by atoms with Crippen LogP contribution in [0.5, 0.6) is 0 Å². The molecule has 0 spiro atoms. The van der Waals surface area contributed by atoms with Gasteiger partial charge in [-0.2, -0.15) is 0 Å². The van der Waals surface area contributed by atoms with Crippen LogP contribution in [0.25, 0.3) is 0 Å². The predicted octanol–water partition coefficient (Wildman–Crippen LogP) is 14.8. The molecule has 1 atom stereocenters. The van der Waals surface area contributed by atoms with E-state index in [0.29, 0.717) is 19.6 Å². The van der Waals surface area contributed by atoms with Crippen molar-refractivity contribution in [3.8, 4) is 0 Å². The van der Waals surface area contributed by atoms with Crippen LogP contribution >= 0.6 is 0 Å². The van der Waals surface area contributed by atoms with E-state index in [0.717, 1.165) is 19.3 Å². The zero-order valence-corrected chi connectivity index (χ0v) is 33.7. The van der Waals surface area contributed by atoms with Crippen LogP contribution in [0.2, 0.25) is 0 Å². The van der Waals surface area contributed by atoms with Gasteiger partial charge in [0.1, 0.15) is 6.10 Å². The minimum atomic E-state index is -0.524. The lowest BCUT2D eigenvalue weighted by atomic mass is 10.0. The number of esters is 1. The van der Waals surface area contributed by atoms with Crippen molar-refractivity contribution >= 4 is 5.97 Å². The zero-order valence-electron chi connectivity index (χ0n) is 33.7. The first-order valence-corrected chi connectivity index (χ1v) is 22.6. The van der Waals surface area contributed by atoms with Crippen molar-refractivity contribution in [3.63, 3.8) is 0 Å². The molecule has 1 unspecified atom stereocenters. The summed E-state index contributed by atoms with van der Waals surface area (Å²) in [6, 6.07) is 0. The van der Waals surface area contributed by atoms with Gasteiger partial charge < -0.3 is 14.6 Å². The lowest BCUT2D eigenvalue weighted by molar-refractivity contribution is -0.154. The lowest BCUT2D eigenvalue weighted by Crippen LogP contribution is -2.27. The van der Waals surface area contributed by atoms with Crippen LogP contribution in [0, 0.1) is 0 Å². The maximum atomic E-state index is 12.2. The van der Waals surface area contributed by atoms with E-state index in [1.54, 1.807) is 0 Å². The fourth-order valence-electron chi connectivity index (χ4n) is 7.04. The third-order valence-corrected chi connectivity index (χ3v) is 10.4. The molecule has 0 saturated heterocycles. The smallest absolute Gasteiger partial charge is 0.306 e. The molecular weight excluding hydrogens is 604 g/mol. The van der Waals surface area contributed by atoms with Gasteiger partial charge in [0.15, 0.2) is 0 Å². The standard InChI is InChI=1S/C45H90O4/c1-3-5-7-9-11-13-15-17-18-19-20-21-22-23-24-25-26-27-28-29-31-33-35-37-39-41-48-43-44(42-46)49-45(47)40-38-36-34-32-30-16-14-12-10-8-6-4-2/h44,46H,3-43H2,1-2H3. The molecule has 0 rings (SSSR count). The highest BCUT2D eigenvalue weighted by Gasteiger charge is 2.13. The molecule has 0 aliphatic carbocycles. The lowest BCUT2D eigenvalue weighted by Gasteiger charge is -2.16. The van der Waals surface area contributed by atoms with E-state index in [2.05, 4.69) is 13.8 Å². The van der Waals surface area contributed by atoms with Gasteiger partial charge in [-0.15, -0.1) is 0 Å². The molecule has 0 heterocycles. The van der Waals surface area contributed by atoms with Crippen molar-refractivity contribution in [1.82, 2.24) is 0 Å². The molecule has 0 saturated carbocycles. The molecule has 0 radical (unpaired) electrons. The number of unbranched alkanes of at least 4 members (excludes halogenated alkanes) is 35. The van der Waals surface area contributed by atoms with Crippen molar-refractivity contribution in [3.05, 3.63) is 0 Å². The maximum absolute atomic E-state index is 12.2. The van der Waals surface area contributed by atoms with E-state index in [4.69, 9.17) is 9.47 Å². The Morgan fingerprint density at radius 2 is 0.673 bits per heavy atom. The highest BCUT2D eigenvalue weighted by atomic mass is 16.6. The summed E-state index contributed by atoms with van der Waals surface area (Å²) in [5.74, 6) is -0.195. The van der Waals surface area contributed by atoms with Crippen LogP contribution < -0.4 is 0 Å². The van der Waals surface area contributed by atoms with Gasteiger partial charge in [0, 0.05) is 13.0 Å². The first-order valence-electron chi connectivity index (χ1n) is 22.6. The molecule has 294 valence electrons. The Kier molecular flexibility index (Phi) is 43.0. The van der Waals surface area contributed by atoms with Gasteiger partial charge in [-0.3, -0.25) is 4.79 Å². The first-order chi connectivity index (χ1) is 24.2. The third kappa shape index (κ3) is 41.7. The number of ether oxygens (including phenoxy) is 2. The first kappa shape index (κ1) is 48.4. The molecule has 0 amide bonds. The van der Waals surface area contributed by atoms with E-state index in [1.807, 2.05) is 0 Å². The Bertz CT molecular complexity index is 609. The van der Waals surface area contributed by atoms with Gasteiger partial charge in [-0.05, 0) is 12.8 Å². The summed E-state index contributed by atoms with van der Waals surface area (Å²) in [6.07, 6.45) is 50.4. The maximum Gasteiger partial charge on any atom is 0.306 e. The molecular formula is C45H90O4. The normalized spacial score (nSPS) is 12.1. The van der Waals surface area contributed by atoms with E-state index in [-0.39, 0.29) is 12.6 Å². The number of aliphatic hydroxyl groups excluding tert-OH is 1. The van der Waals surface area contributed by atoms with Gasteiger partial charge in [-0.25, -0.2) is 0 Å². The molecule has 0 aromatic rings. The molecule has 49 heavy (non-hydrogen) atoms. The monoisotopic (exact) mass is 695 g/mol. The second kappa shape index (κ2) is 43.6. The fraction of sp³-hybridized carbons (Fsp3) is 0.978. The molecule has 0 aliphatic heterocycles. The summed E-state index contributed by atoms with van der Waals surface area (Å²) in [6.45, 7) is 5.40. The average Bonchev–Trinajstić information content (AvgIpc) is 3.11. The van der Waals surface area contributed by atoms with Gasteiger partial charge in [0.05, 0.1) is 13.2 Å². The Morgan fingerprint density at radius 1 is 0.408 bits per heavy atom. The van der Waals surface area contributed by atoms with Crippen LogP contribution in [-0.2, 0) is 14.3 Å². The minimum Gasteiger partial charge on any atom is -0.457 e. The summed E-state index contributed by atoms with van der Waals surface area (Å²) in [5.41, 5.74) is 0. The van der Waals surface area contributed by atoms with E-state index in [1.165, 1.54) is 218 Å². The summed E-state index contributed by atoms with van der Waals surface area (Å²) in [4.78, 5) is 12.2. The number of rotatable bonds is 43. The van der Waals surface area contributed by atoms with Crippen molar-refractivity contribution in [2.24, 2.45) is 0 Å². The van der Waals surface area contributed by atoms with Crippen LogP contribution in [0.3, 0.4) is 0 Å². The number of carbonyl (C=O) groups is 1. The molecule has 0 aromatic heterocycles. The highest BCUT2D eigenvalue weighted by molar-refractivity contribution is 5.69. The minimum absolute atomic E-state index is 0.163.